The molecular formula is C29H23ClN2O8S. The van der Waals surface area contributed by atoms with E-state index in [4.69, 9.17) is 25.8 Å². The van der Waals surface area contributed by atoms with E-state index in [1.165, 1.54) is 19.2 Å². The zero-order chi connectivity index (χ0) is 29.5. The molecule has 0 bridgehead atoms. The van der Waals surface area contributed by atoms with Crippen LogP contribution < -0.4 is 9.47 Å². The molecule has 1 aliphatic rings. The minimum absolute atomic E-state index is 0.00201. The van der Waals surface area contributed by atoms with Crippen LogP contribution in [0.1, 0.15) is 28.4 Å². The van der Waals surface area contributed by atoms with Crippen molar-refractivity contribution in [3.8, 4) is 11.5 Å². The van der Waals surface area contributed by atoms with E-state index in [1.807, 2.05) is 0 Å². The fourth-order valence-corrected chi connectivity index (χ4v) is 5.00. The molecule has 0 spiro atoms. The van der Waals surface area contributed by atoms with Crippen LogP contribution in [0.25, 0.3) is 6.08 Å². The van der Waals surface area contributed by atoms with Gasteiger partial charge in [-0.3, -0.25) is 14.9 Å². The summed E-state index contributed by atoms with van der Waals surface area (Å²) in [4.78, 5) is 40.1. The lowest BCUT2D eigenvalue weighted by Gasteiger charge is -2.13. The summed E-state index contributed by atoms with van der Waals surface area (Å²) in [6.07, 6.45) is 1.56. The van der Waals surface area contributed by atoms with E-state index in [0.717, 1.165) is 11.8 Å². The first-order chi connectivity index (χ1) is 19.7. The molecule has 0 radical (unpaired) electrons. The van der Waals surface area contributed by atoms with Crippen LogP contribution in [0.15, 0.2) is 88.0 Å². The van der Waals surface area contributed by atoms with Gasteiger partial charge in [-0.2, -0.15) is 0 Å². The van der Waals surface area contributed by atoms with Crippen molar-refractivity contribution in [1.29, 1.82) is 0 Å². The molecule has 41 heavy (non-hydrogen) atoms. The predicted molar refractivity (Wildman–Crippen MR) is 155 cm³/mol. The molecule has 1 heterocycles. The third-order valence-corrected chi connectivity index (χ3v) is 6.97. The first-order valence-corrected chi connectivity index (χ1v) is 13.3. The molecule has 1 aliphatic heterocycles. The monoisotopic (exact) mass is 594 g/mol. The van der Waals surface area contributed by atoms with Crippen LogP contribution in [-0.2, 0) is 16.1 Å². The van der Waals surface area contributed by atoms with E-state index in [0.29, 0.717) is 16.7 Å². The molecule has 0 atom stereocenters. The van der Waals surface area contributed by atoms with Crippen LogP contribution in [0.3, 0.4) is 0 Å². The molecule has 0 aliphatic carbocycles. The van der Waals surface area contributed by atoms with E-state index < -0.39 is 16.8 Å². The number of amides is 1. The van der Waals surface area contributed by atoms with Crippen LogP contribution in [0, 0.1) is 10.1 Å². The van der Waals surface area contributed by atoms with Crippen LogP contribution in [-0.4, -0.2) is 40.7 Å². The molecule has 0 saturated carbocycles. The lowest BCUT2D eigenvalue weighted by Crippen LogP contribution is -2.14. The summed E-state index contributed by atoms with van der Waals surface area (Å²) < 4.78 is 16.4. The first-order valence-electron chi connectivity index (χ1n) is 12.1. The Bertz CT molecular complexity index is 1580. The number of hydrogen-bond donors (Lipinski definition) is 1. The van der Waals surface area contributed by atoms with Crippen molar-refractivity contribution in [2.45, 2.75) is 13.5 Å². The Balaban J connectivity index is 1.62. The summed E-state index contributed by atoms with van der Waals surface area (Å²) >= 11 is 7.44. The van der Waals surface area contributed by atoms with Gasteiger partial charge in [0.05, 0.1) is 28.6 Å². The van der Waals surface area contributed by atoms with E-state index in [9.17, 15) is 24.8 Å². The van der Waals surface area contributed by atoms with Gasteiger partial charge in [0.1, 0.15) is 23.0 Å². The maximum atomic E-state index is 12.7. The maximum Gasteiger partial charge on any atom is 0.344 e. The predicted octanol–water partition coefficient (Wildman–Crippen LogP) is 6.54. The summed E-state index contributed by atoms with van der Waals surface area (Å²) in [5.41, 5.74) is 1.26. The number of carbonyl (C=O) groups excluding carboxylic acids is 2. The molecule has 0 aromatic heterocycles. The minimum Gasteiger partial charge on any atom is -0.506 e. The number of aliphatic hydroxyl groups is 1. The van der Waals surface area contributed by atoms with Crippen molar-refractivity contribution >= 4 is 52.0 Å². The fourth-order valence-electron chi connectivity index (χ4n) is 3.71. The van der Waals surface area contributed by atoms with Crippen molar-refractivity contribution in [1.82, 2.24) is 0 Å². The van der Waals surface area contributed by atoms with Crippen LogP contribution in [0.2, 0.25) is 5.02 Å². The standard InChI is InChI=1S/C29H23ClN2O8S/c1-3-39-29(35)24-25(33)23(41-28(24)31-27(34)19-7-5-4-6-8-19)15-18-13-21(30)26(22(14-18)38-2)40-16-17-9-11-20(12-10-17)32(36)37/h4-15,33H,3,16H2,1-2H3/b23-15-,31-28?. The Labute approximate surface area is 244 Å². The molecule has 4 rings (SSSR count). The third-order valence-electron chi connectivity index (χ3n) is 5.67. The van der Waals surface area contributed by atoms with Gasteiger partial charge in [-0.15, -0.1) is 0 Å². The number of thioether (sulfide) groups is 1. The Kier molecular flexibility index (Phi) is 9.43. The number of halogens is 1. The highest BCUT2D eigenvalue weighted by atomic mass is 35.5. The number of non-ortho nitro benzene ring substituents is 1. The molecule has 12 heteroatoms. The van der Waals surface area contributed by atoms with Crippen molar-refractivity contribution in [2.24, 2.45) is 4.99 Å². The number of aliphatic hydroxyl groups excluding tert-OH is 1. The van der Waals surface area contributed by atoms with E-state index in [2.05, 4.69) is 4.99 Å². The molecule has 1 N–H and O–H groups in total. The molecule has 1 amide bonds. The number of nitrogens with zero attached hydrogens (tertiary/aromatic N) is 2. The molecule has 210 valence electrons. The number of ether oxygens (including phenoxy) is 3. The Morgan fingerprint density at radius 2 is 1.83 bits per heavy atom. The summed E-state index contributed by atoms with van der Waals surface area (Å²) in [7, 11) is 1.43. The normalized spacial score (nSPS) is 14.8. The first kappa shape index (κ1) is 29.4. The lowest BCUT2D eigenvalue weighted by atomic mass is 10.1. The Morgan fingerprint density at radius 3 is 2.46 bits per heavy atom. The maximum absolute atomic E-state index is 12.7. The quantitative estimate of drug-likeness (QED) is 0.166. The van der Waals surface area contributed by atoms with Crippen molar-refractivity contribution in [3.63, 3.8) is 0 Å². The minimum atomic E-state index is -0.814. The molecule has 0 saturated heterocycles. The lowest BCUT2D eigenvalue weighted by molar-refractivity contribution is -0.384. The number of esters is 1. The third kappa shape index (κ3) is 6.94. The van der Waals surface area contributed by atoms with Crippen LogP contribution >= 0.6 is 23.4 Å². The van der Waals surface area contributed by atoms with Gasteiger partial charge in [-0.05, 0) is 60.5 Å². The van der Waals surface area contributed by atoms with Crippen LogP contribution in [0.4, 0.5) is 5.69 Å². The molecular weight excluding hydrogens is 572 g/mol. The highest BCUT2D eigenvalue weighted by Gasteiger charge is 2.34. The second kappa shape index (κ2) is 13.2. The summed E-state index contributed by atoms with van der Waals surface area (Å²) in [6, 6.07) is 17.4. The number of hydrogen-bond acceptors (Lipinski definition) is 9. The highest BCUT2D eigenvalue weighted by Crippen LogP contribution is 2.42. The van der Waals surface area contributed by atoms with E-state index >= 15 is 0 Å². The van der Waals surface area contributed by atoms with Gasteiger partial charge in [0.15, 0.2) is 11.5 Å². The molecule has 3 aromatic carbocycles. The van der Waals surface area contributed by atoms with Gasteiger partial charge in [0.25, 0.3) is 11.6 Å². The van der Waals surface area contributed by atoms with Gasteiger partial charge in [0, 0.05) is 17.7 Å². The molecule has 3 aromatic rings. The average molecular weight is 595 g/mol. The average Bonchev–Trinajstić information content (AvgIpc) is 3.26. The van der Waals surface area contributed by atoms with Gasteiger partial charge >= 0.3 is 5.97 Å². The summed E-state index contributed by atoms with van der Waals surface area (Å²) in [5, 5.41) is 22.0. The second-order valence-electron chi connectivity index (χ2n) is 8.39. The van der Waals surface area contributed by atoms with E-state index in [1.54, 1.807) is 67.6 Å². The Hall–Kier alpha value is -4.61. The zero-order valence-electron chi connectivity index (χ0n) is 21.8. The number of nitro benzene ring substituents is 1. The van der Waals surface area contributed by atoms with Crippen molar-refractivity contribution in [3.05, 3.63) is 115 Å². The van der Waals surface area contributed by atoms with E-state index in [-0.39, 0.29) is 56.7 Å². The Morgan fingerprint density at radius 1 is 1.12 bits per heavy atom. The van der Waals surface area contributed by atoms with Gasteiger partial charge in [-0.1, -0.05) is 41.6 Å². The summed E-state index contributed by atoms with van der Waals surface area (Å²) in [5.74, 6) is -1.25. The summed E-state index contributed by atoms with van der Waals surface area (Å²) in [6.45, 7) is 1.76. The second-order valence-corrected chi connectivity index (χ2v) is 9.83. The van der Waals surface area contributed by atoms with Gasteiger partial charge in [0.2, 0.25) is 0 Å². The molecule has 0 fully saturated rings. The van der Waals surface area contributed by atoms with Crippen LogP contribution in [0.5, 0.6) is 11.5 Å². The van der Waals surface area contributed by atoms with Crippen molar-refractivity contribution in [2.75, 3.05) is 13.7 Å². The molecule has 10 nitrogen and oxygen atoms in total. The molecule has 0 unspecified atom stereocenters. The van der Waals surface area contributed by atoms with Crippen molar-refractivity contribution < 1.29 is 33.8 Å². The SMILES string of the molecule is CCOC(=O)C1=C(O)/C(=C/c2cc(Cl)c(OCc3ccc([N+](=O)[O-])cc3)c(OC)c2)SC1=NC(=O)c1ccccc1. The topological polar surface area (TPSA) is 138 Å². The number of rotatable bonds is 9. The smallest absolute Gasteiger partial charge is 0.344 e. The number of carbonyl (C=O) groups is 2. The number of aliphatic imine (C=N–C) groups is 1. The van der Waals surface area contributed by atoms with Gasteiger partial charge in [-0.25, -0.2) is 9.79 Å². The highest BCUT2D eigenvalue weighted by molar-refractivity contribution is 8.18. The number of methoxy groups -OCH3 is 1. The largest absolute Gasteiger partial charge is 0.506 e. The number of benzene rings is 3. The number of nitro groups is 1. The zero-order valence-corrected chi connectivity index (χ0v) is 23.4. The van der Waals surface area contributed by atoms with Gasteiger partial charge < -0.3 is 19.3 Å². The fraction of sp³-hybridized carbons (Fsp3) is 0.138.